The molecule has 1 atom stereocenters. The van der Waals surface area contributed by atoms with E-state index >= 15 is 0 Å². The van der Waals surface area contributed by atoms with Crippen molar-refractivity contribution in [2.75, 3.05) is 10.6 Å². The quantitative estimate of drug-likeness (QED) is 0.493. The van der Waals surface area contributed by atoms with Crippen molar-refractivity contribution in [3.05, 3.63) is 65.7 Å². The molecule has 0 spiro atoms. The molecular formula is C24H30N4. The largest absolute Gasteiger partial charge is 0.352 e. The number of aromatic nitrogens is 2. The first kappa shape index (κ1) is 19.9. The summed E-state index contributed by atoms with van der Waals surface area (Å²) in [5.41, 5.74) is 5.67. The van der Waals surface area contributed by atoms with Crippen LogP contribution in [0.15, 0.2) is 54.6 Å². The van der Waals surface area contributed by atoms with Crippen LogP contribution in [0.4, 0.5) is 17.5 Å². The normalized spacial score (nSPS) is 12.1. The highest BCUT2D eigenvalue weighted by Crippen LogP contribution is 2.26. The van der Waals surface area contributed by atoms with Gasteiger partial charge in [-0.1, -0.05) is 57.2 Å². The molecule has 2 aromatic carbocycles. The summed E-state index contributed by atoms with van der Waals surface area (Å²) >= 11 is 0. The molecule has 0 bridgehead atoms. The van der Waals surface area contributed by atoms with Crippen molar-refractivity contribution in [1.29, 1.82) is 0 Å². The first-order chi connectivity index (χ1) is 13.5. The van der Waals surface area contributed by atoms with E-state index in [9.17, 15) is 0 Å². The monoisotopic (exact) mass is 374 g/mol. The van der Waals surface area contributed by atoms with Gasteiger partial charge in [-0.25, -0.2) is 4.98 Å². The summed E-state index contributed by atoms with van der Waals surface area (Å²) in [6.45, 7) is 10.9. The zero-order valence-corrected chi connectivity index (χ0v) is 17.5. The Hall–Kier alpha value is -2.88. The van der Waals surface area contributed by atoms with Gasteiger partial charge in [0.1, 0.15) is 5.82 Å². The lowest BCUT2D eigenvalue weighted by Crippen LogP contribution is -2.16. The Bertz CT molecular complexity index is 919. The van der Waals surface area contributed by atoms with Crippen molar-refractivity contribution in [3.63, 3.8) is 0 Å². The Morgan fingerprint density at radius 1 is 0.929 bits per heavy atom. The molecule has 0 saturated carbocycles. The van der Waals surface area contributed by atoms with E-state index in [1.54, 1.807) is 0 Å². The zero-order valence-electron chi connectivity index (χ0n) is 17.5. The van der Waals surface area contributed by atoms with Gasteiger partial charge < -0.3 is 10.6 Å². The Balaban J connectivity index is 1.95. The van der Waals surface area contributed by atoms with Gasteiger partial charge in [0, 0.05) is 23.4 Å². The smallest absolute Gasteiger partial charge is 0.225 e. The molecule has 2 N–H and O–H groups in total. The molecule has 0 aliphatic heterocycles. The third kappa shape index (κ3) is 4.89. The van der Waals surface area contributed by atoms with Crippen LogP contribution in [0.3, 0.4) is 0 Å². The van der Waals surface area contributed by atoms with Gasteiger partial charge in [-0.2, -0.15) is 4.98 Å². The minimum atomic E-state index is 0.312. The Kier molecular flexibility index (Phi) is 6.30. The average molecular weight is 375 g/mol. The fourth-order valence-corrected chi connectivity index (χ4v) is 3.20. The maximum absolute atomic E-state index is 4.73. The highest BCUT2D eigenvalue weighted by atomic mass is 15.2. The van der Waals surface area contributed by atoms with Crippen LogP contribution in [0, 0.1) is 6.92 Å². The van der Waals surface area contributed by atoms with Crippen LogP contribution in [-0.4, -0.2) is 16.0 Å². The first-order valence-corrected chi connectivity index (χ1v) is 10.0. The molecule has 28 heavy (non-hydrogen) atoms. The second kappa shape index (κ2) is 8.87. The summed E-state index contributed by atoms with van der Waals surface area (Å²) in [5.74, 6) is 1.95. The van der Waals surface area contributed by atoms with Crippen LogP contribution in [0.5, 0.6) is 0 Å². The maximum Gasteiger partial charge on any atom is 0.225 e. The van der Waals surface area contributed by atoms with Gasteiger partial charge in [0.15, 0.2) is 0 Å². The zero-order chi connectivity index (χ0) is 20.1. The molecule has 3 aromatic rings. The lowest BCUT2D eigenvalue weighted by Gasteiger charge is -2.16. The maximum atomic E-state index is 4.73. The summed E-state index contributed by atoms with van der Waals surface area (Å²) < 4.78 is 0. The van der Waals surface area contributed by atoms with E-state index in [0.29, 0.717) is 17.9 Å². The SMILES string of the molecule is CC[C@H](C)Nc1nc(Nc2ccc(C(C)C)c(C)c2)cc(-c2ccccc2)n1. The van der Waals surface area contributed by atoms with Gasteiger partial charge >= 0.3 is 0 Å². The summed E-state index contributed by atoms with van der Waals surface area (Å²) in [5, 5.41) is 6.86. The predicted molar refractivity (Wildman–Crippen MR) is 119 cm³/mol. The molecule has 0 saturated heterocycles. The van der Waals surface area contributed by atoms with Gasteiger partial charge in [-0.15, -0.1) is 0 Å². The molecule has 0 fully saturated rings. The minimum absolute atomic E-state index is 0.312. The summed E-state index contributed by atoms with van der Waals surface area (Å²) in [6, 6.07) is 19.0. The van der Waals surface area contributed by atoms with Crippen LogP contribution >= 0.6 is 0 Å². The third-order valence-electron chi connectivity index (χ3n) is 4.95. The minimum Gasteiger partial charge on any atom is -0.352 e. The summed E-state index contributed by atoms with van der Waals surface area (Å²) in [6.07, 6.45) is 1.01. The van der Waals surface area contributed by atoms with E-state index in [2.05, 4.69) is 75.6 Å². The molecule has 0 radical (unpaired) electrons. The number of anilines is 3. The van der Waals surface area contributed by atoms with E-state index in [-0.39, 0.29) is 0 Å². The standard InChI is InChI=1S/C24H30N4/c1-6-18(5)25-24-27-22(19-10-8-7-9-11-19)15-23(28-24)26-20-12-13-21(16(2)3)17(4)14-20/h7-16,18H,6H2,1-5H3,(H2,25,26,27,28)/t18-/m0/s1. The molecular weight excluding hydrogens is 344 g/mol. The van der Waals surface area contributed by atoms with Gasteiger partial charge in [0.25, 0.3) is 0 Å². The topological polar surface area (TPSA) is 49.8 Å². The summed E-state index contributed by atoms with van der Waals surface area (Å²) in [4.78, 5) is 9.42. The molecule has 4 heteroatoms. The van der Waals surface area contributed by atoms with Crippen LogP contribution in [0.1, 0.15) is 51.2 Å². The van der Waals surface area contributed by atoms with Crippen LogP contribution in [-0.2, 0) is 0 Å². The van der Waals surface area contributed by atoms with Crippen molar-refractivity contribution in [2.24, 2.45) is 0 Å². The van der Waals surface area contributed by atoms with Gasteiger partial charge in [-0.3, -0.25) is 0 Å². The molecule has 0 aliphatic rings. The first-order valence-electron chi connectivity index (χ1n) is 10.0. The van der Waals surface area contributed by atoms with E-state index in [4.69, 9.17) is 9.97 Å². The second-order valence-electron chi connectivity index (χ2n) is 7.63. The lowest BCUT2D eigenvalue weighted by atomic mass is 9.98. The molecule has 0 amide bonds. The number of hydrogen-bond acceptors (Lipinski definition) is 4. The number of nitrogens with zero attached hydrogens (tertiary/aromatic N) is 2. The predicted octanol–water partition coefficient (Wildman–Crippen LogP) is 6.53. The van der Waals surface area contributed by atoms with E-state index in [0.717, 1.165) is 29.2 Å². The number of nitrogens with one attached hydrogen (secondary N) is 2. The van der Waals surface area contributed by atoms with Crippen LogP contribution < -0.4 is 10.6 Å². The van der Waals surface area contributed by atoms with E-state index in [1.165, 1.54) is 11.1 Å². The Labute approximate surface area is 168 Å². The molecule has 146 valence electrons. The molecule has 1 aromatic heterocycles. The fourth-order valence-electron chi connectivity index (χ4n) is 3.20. The number of aryl methyl sites for hydroxylation is 1. The van der Waals surface area contributed by atoms with Crippen molar-refractivity contribution < 1.29 is 0 Å². The molecule has 0 unspecified atom stereocenters. The third-order valence-corrected chi connectivity index (χ3v) is 4.95. The highest BCUT2D eigenvalue weighted by Gasteiger charge is 2.10. The average Bonchev–Trinajstić information content (AvgIpc) is 2.68. The summed E-state index contributed by atoms with van der Waals surface area (Å²) in [7, 11) is 0. The number of hydrogen-bond donors (Lipinski definition) is 2. The van der Waals surface area contributed by atoms with Crippen molar-refractivity contribution in [1.82, 2.24) is 9.97 Å². The van der Waals surface area contributed by atoms with Gasteiger partial charge in [0.2, 0.25) is 5.95 Å². The molecule has 4 nitrogen and oxygen atoms in total. The van der Waals surface area contributed by atoms with Gasteiger partial charge in [0.05, 0.1) is 5.69 Å². The number of benzene rings is 2. The van der Waals surface area contributed by atoms with Crippen LogP contribution in [0.2, 0.25) is 0 Å². The van der Waals surface area contributed by atoms with Crippen LogP contribution in [0.25, 0.3) is 11.3 Å². The highest BCUT2D eigenvalue weighted by molar-refractivity contribution is 5.67. The van der Waals surface area contributed by atoms with Gasteiger partial charge in [-0.05, 0) is 49.4 Å². The van der Waals surface area contributed by atoms with E-state index < -0.39 is 0 Å². The Morgan fingerprint density at radius 3 is 2.32 bits per heavy atom. The Morgan fingerprint density at radius 2 is 1.68 bits per heavy atom. The van der Waals surface area contributed by atoms with Crippen molar-refractivity contribution in [2.45, 2.75) is 53.0 Å². The fraction of sp³-hybridized carbons (Fsp3) is 0.333. The number of rotatable bonds is 7. The molecule has 3 rings (SSSR count). The molecule has 0 aliphatic carbocycles. The van der Waals surface area contributed by atoms with E-state index in [1.807, 2.05) is 24.3 Å². The molecule has 1 heterocycles. The van der Waals surface area contributed by atoms with Crippen molar-refractivity contribution in [3.8, 4) is 11.3 Å². The van der Waals surface area contributed by atoms with Crippen molar-refractivity contribution >= 4 is 17.5 Å². The lowest BCUT2D eigenvalue weighted by molar-refractivity contribution is 0.753. The second-order valence-corrected chi connectivity index (χ2v) is 7.63.